The molecule has 2 amide bonds. The summed E-state index contributed by atoms with van der Waals surface area (Å²) in [4.78, 5) is 15.5. The number of amides is 2. The Morgan fingerprint density at radius 3 is 2.50 bits per heavy atom. The maximum absolute atomic E-state index is 11.8. The molecule has 0 radical (unpaired) electrons. The molecular weight excluding hydrogens is 268 g/mol. The van der Waals surface area contributed by atoms with Crippen molar-refractivity contribution >= 4 is 22.0 Å². The van der Waals surface area contributed by atoms with Gasteiger partial charge in [-0.25, -0.2) is 4.79 Å². The Labute approximate surface area is 104 Å². The Morgan fingerprint density at radius 1 is 1.38 bits per heavy atom. The first-order valence-corrected chi connectivity index (χ1v) is 6.20. The molecule has 2 rings (SSSR count). The molecule has 1 saturated heterocycles. The third kappa shape index (κ3) is 1.94. The summed E-state index contributed by atoms with van der Waals surface area (Å²) in [5.41, 5.74) is 1.19. The zero-order valence-electron chi connectivity index (χ0n) is 9.48. The molecule has 1 aromatic carbocycles. The van der Waals surface area contributed by atoms with Crippen molar-refractivity contribution in [3.8, 4) is 0 Å². The van der Waals surface area contributed by atoms with E-state index in [1.807, 2.05) is 35.9 Å². The number of likely N-dealkylation sites (N-methyl/N-ethyl adjacent to an activating group) is 2. The van der Waals surface area contributed by atoms with Gasteiger partial charge in [-0.1, -0.05) is 28.1 Å². The lowest BCUT2D eigenvalue weighted by atomic mass is 10.1. The Bertz CT molecular complexity index is 391. The van der Waals surface area contributed by atoms with E-state index >= 15 is 0 Å². The van der Waals surface area contributed by atoms with Crippen molar-refractivity contribution in [2.45, 2.75) is 13.0 Å². The van der Waals surface area contributed by atoms with E-state index in [9.17, 15) is 4.79 Å². The molecule has 86 valence electrons. The van der Waals surface area contributed by atoms with Gasteiger partial charge in [-0.05, 0) is 24.6 Å². The fraction of sp³-hybridized carbons (Fsp3) is 0.417. The SMILES string of the molecule is CCN1CC(c2ccc(Br)cc2)N(C)C1=O. The molecule has 3 nitrogen and oxygen atoms in total. The van der Waals surface area contributed by atoms with Crippen LogP contribution in [0.1, 0.15) is 18.5 Å². The van der Waals surface area contributed by atoms with Gasteiger partial charge >= 0.3 is 6.03 Å². The number of urea groups is 1. The molecule has 0 aliphatic carbocycles. The first-order chi connectivity index (χ1) is 7.63. The van der Waals surface area contributed by atoms with E-state index in [2.05, 4.69) is 28.1 Å². The molecule has 1 fully saturated rings. The van der Waals surface area contributed by atoms with Crippen LogP contribution >= 0.6 is 15.9 Å². The van der Waals surface area contributed by atoms with Gasteiger partial charge in [0.05, 0.1) is 6.04 Å². The van der Waals surface area contributed by atoms with Gasteiger partial charge in [0.15, 0.2) is 0 Å². The van der Waals surface area contributed by atoms with Crippen molar-refractivity contribution < 1.29 is 4.79 Å². The number of hydrogen-bond acceptors (Lipinski definition) is 1. The molecule has 0 N–H and O–H groups in total. The van der Waals surface area contributed by atoms with Gasteiger partial charge in [0.2, 0.25) is 0 Å². The van der Waals surface area contributed by atoms with Crippen LogP contribution in [0.3, 0.4) is 0 Å². The molecule has 0 saturated carbocycles. The van der Waals surface area contributed by atoms with Crippen molar-refractivity contribution in [1.29, 1.82) is 0 Å². The van der Waals surface area contributed by atoms with E-state index in [1.54, 1.807) is 0 Å². The molecule has 4 heteroatoms. The zero-order valence-corrected chi connectivity index (χ0v) is 11.1. The maximum Gasteiger partial charge on any atom is 0.320 e. The lowest BCUT2D eigenvalue weighted by Crippen LogP contribution is -2.29. The second kappa shape index (κ2) is 4.45. The lowest BCUT2D eigenvalue weighted by molar-refractivity contribution is 0.197. The van der Waals surface area contributed by atoms with E-state index < -0.39 is 0 Å². The predicted octanol–water partition coefficient (Wildman–Crippen LogP) is 2.88. The average Bonchev–Trinajstić information content (AvgIpc) is 2.57. The van der Waals surface area contributed by atoms with Crippen LogP contribution in [0.15, 0.2) is 28.7 Å². The van der Waals surface area contributed by atoms with Crippen LogP contribution in [-0.4, -0.2) is 36.0 Å². The maximum atomic E-state index is 11.8. The number of halogens is 1. The van der Waals surface area contributed by atoms with Crippen LogP contribution in [-0.2, 0) is 0 Å². The number of hydrogen-bond donors (Lipinski definition) is 0. The summed E-state index contributed by atoms with van der Waals surface area (Å²) in [5.74, 6) is 0. The number of benzene rings is 1. The Hall–Kier alpha value is -1.03. The van der Waals surface area contributed by atoms with Crippen molar-refractivity contribution in [2.75, 3.05) is 20.1 Å². The van der Waals surface area contributed by atoms with Gasteiger partial charge in [-0.2, -0.15) is 0 Å². The van der Waals surface area contributed by atoms with Crippen molar-refractivity contribution in [2.24, 2.45) is 0 Å². The van der Waals surface area contributed by atoms with Crippen LogP contribution in [0.5, 0.6) is 0 Å². The van der Waals surface area contributed by atoms with Crippen molar-refractivity contribution in [3.05, 3.63) is 34.3 Å². The van der Waals surface area contributed by atoms with Gasteiger partial charge in [-0.15, -0.1) is 0 Å². The molecule has 1 unspecified atom stereocenters. The molecule has 1 aliphatic heterocycles. The normalized spacial score (nSPS) is 20.7. The van der Waals surface area contributed by atoms with Crippen LogP contribution in [0, 0.1) is 0 Å². The number of nitrogens with zero attached hydrogens (tertiary/aromatic N) is 2. The van der Waals surface area contributed by atoms with E-state index in [4.69, 9.17) is 0 Å². The third-order valence-electron chi connectivity index (χ3n) is 3.07. The second-order valence-electron chi connectivity index (χ2n) is 4.00. The standard InChI is InChI=1S/C12H15BrN2O/c1-3-15-8-11(14(2)12(15)16)9-4-6-10(13)7-5-9/h4-7,11H,3,8H2,1-2H3. The Morgan fingerprint density at radius 2 is 2.00 bits per heavy atom. The highest BCUT2D eigenvalue weighted by Gasteiger charge is 2.34. The monoisotopic (exact) mass is 282 g/mol. The van der Waals surface area contributed by atoms with E-state index in [0.29, 0.717) is 0 Å². The minimum atomic E-state index is 0.121. The molecular formula is C12H15BrN2O. The van der Waals surface area contributed by atoms with E-state index in [1.165, 1.54) is 5.56 Å². The first-order valence-electron chi connectivity index (χ1n) is 5.40. The second-order valence-corrected chi connectivity index (χ2v) is 4.92. The van der Waals surface area contributed by atoms with Crippen molar-refractivity contribution in [3.63, 3.8) is 0 Å². The summed E-state index contributed by atoms with van der Waals surface area (Å²) in [6, 6.07) is 8.47. The highest BCUT2D eigenvalue weighted by Crippen LogP contribution is 2.28. The fourth-order valence-corrected chi connectivity index (χ4v) is 2.31. The highest BCUT2D eigenvalue weighted by atomic mass is 79.9. The number of carbonyl (C=O) groups is 1. The lowest BCUT2D eigenvalue weighted by Gasteiger charge is -2.17. The summed E-state index contributed by atoms with van der Waals surface area (Å²) in [6.45, 7) is 3.57. The summed E-state index contributed by atoms with van der Waals surface area (Å²) in [7, 11) is 1.87. The molecule has 1 heterocycles. The Balaban J connectivity index is 2.23. The average molecular weight is 283 g/mol. The fourth-order valence-electron chi connectivity index (χ4n) is 2.04. The molecule has 1 atom stereocenters. The topological polar surface area (TPSA) is 23.6 Å². The van der Waals surface area contributed by atoms with E-state index in [-0.39, 0.29) is 12.1 Å². The van der Waals surface area contributed by atoms with Crippen LogP contribution in [0.2, 0.25) is 0 Å². The molecule has 0 aromatic heterocycles. The Kier molecular flexibility index (Phi) is 3.19. The molecule has 1 aromatic rings. The molecule has 0 spiro atoms. The van der Waals surface area contributed by atoms with E-state index in [0.717, 1.165) is 17.6 Å². The minimum Gasteiger partial charge on any atom is -0.323 e. The van der Waals surface area contributed by atoms with Gasteiger partial charge < -0.3 is 9.80 Å². The van der Waals surface area contributed by atoms with Crippen LogP contribution in [0.25, 0.3) is 0 Å². The van der Waals surface area contributed by atoms with Crippen LogP contribution < -0.4 is 0 Å². The van der Waals surface area contributed by atoms with Gasteiger partial charge in [0, 0.05) is 24.6 Å². The molecule has 16 heavy (non-hydrogen) atoms. The summed E-state index contributed by atoms with van der Waals surface area (Å²) >= 11 is 3.42. The predicted molar refractivity (Wildman–Crippen MR) is 67.3 cm³/mol. The molecule has 0 bridgehead atoms. The number of rotatable bonds is 2. The summed E-state index contributed by atoms with van der Waals surface area (Å²) in [5, 5.41) is 0. The van der Waals surface area contributed by atoms with Crippen LogP contribution in [0.4, 0.5) is 4.79 Å². The third-order valence-corrected chi connectivity index (χ3v) is 3.60. The smallest absolute Gasteiger partial charge is 0.320 e. The van der Waals surface area contributed by atoms with Gasteiger partial charge in [-0.3, -0.25) is 0 Å². The van der Waals surface area contributed by atoms with Gasteiger partial charge in [0.25, 0.3) is 0 Å². The van der Waals surface area contributed by atoms with Gasteiger partial charge in [0.1, 0.15) is 0 Å². The first kappa shape index (κ1) is 11.5. The summed E-state index contributed by atoms with van der Waals surface area (Å²) in [6.07, 6.45) is 0. The highest BCUT2D eigenvalue weighted by molar-refractivity contribution is 9.10. The van der Waals surface area contributed by atoms with Crippen molar-refractivity contribution in [1.82, 2.24) is 9.80 Å². The number of carbonyl (C=O) groups excluding carboxylic acids is 1. The molecule has 1 aliphatic rings. The quantitative estimate of drug-likeness (QED) is 0.818. The summed E-state index contributed by atoms with van der Waals surface area (Å²) < 4.78 is 1.07. The largest absolute Gasteiger partial charge is 0.323 e. The minimum absolute atomic E-state index is 0.121. The zero-order chi connectivity index (χ0) is 11.7.